The lowest BCUT2D eigenvalue weighted by Crippen LogP contribution is -2.43. The van der Waals surface area contributed by atoms with Gasteiger partial charge in [-0.15, -0.1) is 0 Å². The van der Waals surface area contributed by atoms with Crippen LogP contribution >= 0.6 is 0 Å². The van der Waals surface area contributed by atoms with Gasteiger partial charge in [0.05, 0.1) is 12.2 Å². The van der Waals surface area contributed by atoms with Crippen molar-refractivity contribution < 1.29 is 4.79 Å². The van der Waals surface area contributed by atoms with Crippen LogP contribution in [-0.2, 0) is 4.79 Å². The van der Waals surface area contributed by atoms with Gasteiger partial charge in [0.15, 0.2) is 0 Å². The summed E-state index contributed by atoms with van der Waals surface area (Å²) in [6.07, 6.45) is 3.72. The number of amides is 1. The third-order valence-corrected chi connectivity index (χ3v) is 3.22. The first-order valence-electron chi connectivity index (χ1n) is 6.21. The van der Waals surface area contributed by atoms with Crippen molar-refractivity contribution in [3.05, 3.63) is 18.0 Å². The van der Waals surface area contributed by atoms with Crippen molar-refractivity contribution in [1.82, 2.24) is 20.2 Å². The van der Waals surface area contributed by atoms with E-state index < -0.39 is 0 Å². The van der Waals surface area contributed by atoms with Crippen LogP contribution in [0.5, 0.6) is 0 Å². The number of carbonyl (C=O) groups excluding carboxylic acids is 1. The Morgan fingerprint density at radius 2 is 2.50 bits per heavy atom. The SMILES string of the molecule is CNCC(=O)N1CCCC(c2ccnc(N)n2)C1. The number of likely N-dealkylation sites (tertiary alicyclic amines) is 1. The van der Waals surface area contributed by atoms with Crippen molar-refractivity contribution in [2.45, 2.75) is 18.8 Å². The molecule has 1 atom stereocenters. The van der Waals surface area contributed by atoms with Crippen molar-refractivity contribution >= 4 is 11.9 Å². The molecule has 1 unspecified atom stereocenters. The molecule has 1 saturated heterocycles. The zero-order valence-electron chi connectivity index (χ0n) is 10.6. The molecule has 1 aromatic rings. The first-order chi connectivity index (χ1) is 8.70. The van der Waals surface area contributed by atoms with E-state index in [4.69, 9.17) is 5.73 Å². The molecule has 18 heavy (non-hydrogen) atoms. The molecule has 0 spiro atoms. The van der Waals surface area contributed by atoms with E-state index in [9.17, 15) is 4.79 Å². The number of nitrogens with zero attached hydrogens (tertiary/aromatic N) is 3. The van der Waals surface area contributed by atoms with Crippen LogP contribution in [-0.4, -0.2) is 47.5 Å². The normalized spacial score (nSPS) is 19.8. The number of nitrogens with one attached hydrogen (secondary N) is 1. The topological polar surface area (TPSA) is 84.1 Å². The van der Waals surface area contributed by atoms with E-state index in [0.29, 0.717) is 12.5 Å². The molecule has 1 aliphatic rings. The molecule has 1 fully saturated rings. The Morgan fingerprint density at radius 1 is 1.67 bits per heavy atom. The number of likely N-dealkylation sites (N-methyl/N-ethyl adjacent to an activating group) is 1. The molecule has 0 aromatic carbocycles. The average molecular weight is 249 g/mol. The van der Waals surface area contributed by atoms with Crippen LogP contribution in [0.3, 0.4) is 0 Å². The van der Waals surface area contributed by atoms with Gasteiger partial charge in [-0.25, -0.2) is 9.97 Å². The molecule has 3 N–H and O–H groups in total. The molecule has 98 valence electrons. The second-order valence-electron chi connectivity index (χ2n) is 4.55. The van der Waals surface area contributed by atoms with Crippen molar-refractivity contribution in [2.24, 2.45) is 0 Å². The van der Waals surface area contributed by atoms with Crippen LogP contribution in [0.25, 0.3) is 0 Å². The second kappa shape index (κ2) is 5.77. The van der Waals surface area contributed by atoms with Gasteiger partial charge in [0, 0.05) is 25.2 Å². The third kappa shape index (κ3) is 2.95. The molecule has 0 radical (unpaired) electrons. The first kappa shape index (κ1) is 12.8. The lowest BCUT2D eigenvalue weighted by Gasteiger charge is -2.32. The largest absolute Gasteiger partial charge is 0.368 e. The molecule has 0 aliphatic carbocycles. The summed E-state index contributed by atoms with van der Waals surface area (Å²) in [6, 6.07) is 1.88. The Kier molecular flexibility index (Phi) is 4.09. The van der Waals surface area contributed by atoms with E-state index in [-0.39, 0.29) is 11.8 Å². The van der Waals surface area contributed by atoms with Crippen molar-refractivity contribution in [3.63, 3.8) is 0 Å². The highest BCUT2D eigenvalue weighted by Gasteiger charge is 2.25. The summed E-state index contributed by atoms with van der Waals surface area (Å²) in [6.45, 7) is 1.94. The van der Waals surface area contributed by atoms with E-state index >= 15 is 0 Å². The third-order valence-electron chi connectivity index (χ3n) is 3.22. The average Bonchev–Trinajstić information content (AvgIpc) is 2.39. The Bertz CT molecular complexity index is 423. The number of piperidine rings is 1. The van der Waals surface area contributed by atoms with Gasteiger partial charge in [0.1, 0.15) is 0 Å². The predicted molar refractivity (Wildman–Crippen MR) is 68.9 cm³/mol. The molecule has 2 heterocycles. The highest BCUT2D eigenvalue weighted by atomic mass is 16.2. The van der Waals surface area contributed by atoms with Gasteiger partial charge in [0.25, 0.3) is 0 Å². The summed E-state index contributed by atoms with van der Waals surface area (Å²) in [5.74, 6) is 0.709. The van der Waals surface area contributed by atoms with Crippen molar-refractivity contribution in [2.75, 3.05) is 32.4 Å². The lowest BCUT2D eigenvalue weighted by atomic mass is 9.94. The standard InChI is InChI=1S/C12H19N5O/c1-14-7-11(18)17-6-2-3-9(8-17)10-4-5-15-12(13)16-10/h4-5,9,14H,2-3,6-8H2,1H3,(H2,13,15,16). The smallest absolute Gasteiger partial charge is 0.236 e. The molecule has 2 rings (SSSR count). The minimum absolute atomic E-state index is 0.143. The molecule has 6 heteroatoms. The van der Waals surface area contributed by atoms with Crippen LogP contribution < -0.4 is 11.1 Å². The molecule has 1 aliphatic heterocycles. The Hall–Kier alpha value is -1.69. The molecule has 1 amide bonds. The Balaban J connectivity index is 2.04. The Morgan fingerprint density at radius 3 is 3.22 bits per heavy atom. The fourth-order valence-electron chi connectivity index (χ4n) is 2.32. The summed E-state index contributed by atoms with van der Waals surface area (Å²) >= 11 is 0. The fraction of sp³-hybridized carbons (Fsp3) is 0.583. The van der Waals surface area contributed by atoms with Gasteiger partial charge in [-0.3, -0.25) is 4.79 Å². The van der Waals surface area contributed by atoms with Gasteiger partial charge < -0.3 is 16.0 Å². The maximum absolute atomic E-state index is 11.8. The summed E-state index contributed by atoms with van der Waals surface area (Å²) in [5, 5.41) is 2.89. The van der Waals surface area contributed by atoms with Crippen molar-refractivity contribution in [1.29, 1.82) is 0 Å². The highest BCUT2D eigenvalue weighted by Crippen LogP contribution is 2.25. The quantitative estimate of drug-likeness (QED) is 0.786. The molecular weight excluding hydrogens is 230 g/mol. The molecule has 0 saturated carbocycles. The number of rotatable bonds is 3. The summed E-state index contributed by atoms with van der Waals surface area (Å²) in [5.41, 5.74) is 6.53. The molecule has 6 nitrogen and oxygen atoms in total. The van der Waals surface area contributed by atoms with Gasteiger partial charge >= 0.3 is 0 Å². The number of carbonyl (C=O) groups is 1. The van der Waals surface area contributed by atoms with Crippen LogP contribution in [0.1, 0.15) is 24.5 Å². The fourth-order valence-corrected chi connectivity index (χ4v) is 2.32. The summed E-state index contributed by atoms with van der Waals surface area (Å²) in [7, 11) is 1.78. The zero-order valence-corrected chi connectivity index (χ0v) is 10.6. The number of hydrogen-bond acceptors (Lipinski definition) is 5. The number of nitrogen functional groups attached to an aromatic ring is 1. The van der Waals surface area contributed by atoms with Crippen LogP contribution in [0.4, 0.5) is 5.95 Å². The molecule has 1 aromatic heterocycles. The Labute approximate surface area is 107 Å². The van der Waals surface area contributed by atoms with Gasteiger partial charge in [-0.1, -0.05) is 0 Å². The summed E-state index contributed by atoms with van der Waals surface area (Å²) in [4.78, 5) is 21.9. The van der Waals surface area contributed by atoms with E-state index in [1.807, 2.05) is 11.0 Å². The molecular formula is C12H19N5O. The predicted octanol–water partition coefficient (Wildman–Crippen LogP) is -0.0158. The minimum Gasteiger partial charge on any atom is -0.368 e. The van der Waals surface area contributed by atoms with Crippen LogP contribution in [0.2, 0.25) is 0 Å². The number of nitrogens with two attached hydrogens (primary N) is 1. The van der Waals surface area contributed by atoms with Gasteiger partial charge in [-0.05, 0) is 26.0 Å². The zero-order chi connectivity index (χ0) is 13.0. The first-order valence-corrected chi connectivity index (χ1v) is 6.21. The van der Waals surface area contributed by atoms with E-state index in [0.717, 1.165) is 31.6 Å². The summed E-state index contributed by atoms with van der Waals surface area (Å²) < 4.78 is 0. The van der Waals surface area contributed by atoms with E-state index in [2.05, 4.69) is 15.3 Å². The lowest BCUT2D eigenvalue weighted by molar-refractivity contribution is -0.131. The van der Waals surface area contributed by atoms with E-state index in [1.165, 1.54) is 0 Å². The highest BCUT2D eigenvalue weighted by molar-refractivity contribution is 5.78. The second-order valence-corrected chi connectivity index (χ2v) is 4.55. The minimum atomic E-state index is 0.143. The van der Waals surface area contributed by atoms with Crippen LogP contribution in [0, 0.1) is 0 Å². The maximum Gasteiger partial charge on any atom is 0.236 e. The van der Waals surface area contributed by atoms with Gasteiger partial charge in [0.2, 0.25) is 11.9 Å². The van der Waals surface area contributed by atoms with Gasteiger partial charge in [-0.2, -0.15) is 0 Å². The van der Waals surface area contributed by atoms with Crippen LogP contribution in [0.15, 0.2) is 12.3 Å². The monoisotopic (exact) mass is 249 g/mol. The number of aromatic nitrogens is 2. The molecule has 0 bridgehead atoms. The maximum atomic E-state index is 11.8. The van der Waals surface area contributed by atoms with Crippen molar-refractivity contribution in [3.8, 4) is 0 Å². The van der Waals surface area contributed by atoms with E-state index in [1.54, 1.807) is 13.2 Å². The number of anilines is 1. The number of hydrogen-bond donors (Lipinski definition) is 2.